The Labute approximate surface area is 112 Å². The highest BCUT2D eigenvalue weighted by molar-refractivity contribution is 5.86. The van der Waals surface area contributed by atoms with E-state index in [9.17, 15) is 9.90 Å². The number of aryl methyl sites for hydroxylation is 1. The zero-order chi connectivity index (χ0) is 13.2. The summed E-state index contributed by atoms with van der Waals surface area (Å²) < 4.78 is 5.35. The number of hydrogen-bond donors (Lipinski definition) is 1. The molecule has 0 aliphatic heterocycles. The van der Waals surface area contributed by atoms with Gasteiger partial charge >= 0.3 is 5.97 Å². The molecule has 1 N–H and O–H groups in total. The van der Waals surface area contributed by atoms with Gasteiger partial charge in [-0.3, -0.25) is 0 Å². The summed E-state index contributed by atoms with van der Waals surface area (Å²) in [4.78, 5) is 15.9. The number of carboxylic acids is 1. The number of carboxylic acid groups (broad SMARTS) is 1. The predicted molar refractivity (Wildman–Crippen MR) is 68.0 cm³/mol. The third-order valence-electron chi connectivity index (χ3n) is 5.47. The summed E-state index contributed by atoms with van der Waals surface area (Å²) in [5.74, 6) is 1.97. The topological polar surface area (TPSA) is 63.3 Å². The Kier molecular flexibility index (Phi) is 2.19. The number of rotatable bonds is 2. The van der Waals surface area contributed by atoms with Gasteiger partial charge in [0.2, 0.25) is 5.76 Å². The number of oxazole rings is 1. The maximum atomic E-state index is 11.4. The van der Waals surface area contributed by atoms with E-state index in [0.29, 0.717) is 5.89 Å². The first kappa shape index (κ1) is 11.5. The van der Waals surface area contributed by atoms with E-state index >= 15 is 0 Å². The monoisotopic (exact) mass is 261 g/mol. The van der Waals surface area contributed by atoms with Gasteiger partial charge in [-0.1, -0.05) is 0 Å². The molecule has 0 saturated heterocycles. The SMILES string of the molecule is Cc1nc(C23CC4CC(CC(C4)C2)C3)c(C(=O)O)o1. The minimum atomic E-state index is -0.966. The molecule has 4 saturated carbocycles. The zero-order valence-corrected chi connectivity index (χ0v) is 11.2. The molecule has 4 aliphatic carbocycles. The fourth-order valence-electron chi connectivity index (χ4n) is 5.33. The summed E-state index contributed by atoms with van der Waals surface area (Å²) in [5.41, 5.74) is 0.747. The molecule has 0 radical (unpaired) electrons. The number of nitrogens with zero attached hydrogens (tertiary/aromatic N) is 1. The molecule has 5 rings (SSSR count). The van der Waals surface area contributed by atoms with Crippen molar-refractivity contribution in [2.45, 2.75) is 50.9 Å². The molecule has 0 unspecified atom stereocenters. The van der Waals surface area contributed by atoms with Gasteiger partial charge in [-0.25, -0.2) is 9.78 Å². The lowest BCUT2D eigenvalue weighted by Crippen LogP contribution is -2.49. The Hall–Kier alpha value is -1.32. The first-order chi connectivity index (χ1) is 9.06. The molecule has 4 aliphatic rings. The van der Waals surface area contributed by atoms with E-state index in [-0.39, 0.29) is 11.2 Å². The van der Waals surface area contributed by atoms with E-state index in [1.54, 1.807) is 6.92 Å². The summed E-state index contributed by atoms with van der Waals surface area (Å²) in [6, 6.07) is 0. The summed E-state index contributed by atoms with van der Waals surface area (Å²) in [6.45, 7) is 1.75. The standard InChI is InChI=1S/C15H19NO3/c1-8-16-13(12(19-8)14(17)18)15-5-9-2-10(6-15)4-11(3-9)7-15/h9-11H,2-7H2,1H3,(H,17,18). The van der Waals surface area contributed by atoms with Gasteiger partial charge in [0, 0.05) is 12.3 Å². The molecule has 1 aromatic rings. The minimum absolute atomic E-state index is 0.000231. The molecule has 4 bridgehead atoms. The molecule has 4 nitrogen and oxygen atoms in total. The van der Waals surface area contributed by atoms with Crippen LogP contribution in [0.3, 0.4) is 0 Å². The molecule has 1 aromatic heterocycles. The first-order valence-electron chi connectivity index (χ1n) is 7.27. The van der Waals surface area contributed by atoms with Crippen LogP contribution in [-0.2, 0) is 5.41 Å². The van der Waals surface area contributed by atoms with Gasteiger partial charge in [0.25, 0.3) is 0 Å². The summed E-state index contributed by atoms with van der Waals surface area (Å²) >= 11 is 0. The van der Waals surface area contributed by atoms with Crippen molar-refractivity contribution in [2.75, 3.05) is 0 Å². The lowest BCUT2D eigenvalue weighted by atomic mass is 9.48. The van der Waals surface area contributed by atoms with Crippen LogP contribution in [0.15, 0.2) is 4.42 Å². The van der Waals surface area contributed by atoms with Gasteiger partial charge in [0.1, 0.15) is 5.69 Å². The molecular formula is C15H19NO3. The quantitative estimate of drug-likeness (QED) is 0.888. The fourth-order valence-corrected chi connectivity index (χ4v) is 5.33. The summed E-state index contributed by atoms with van der Waals surface area (Å²) in [7, 11) is 0. The number of carbonyl (C=O) groups is 1. The molecule has 0 aromatic carbocycles. The number of aromatic nitrogens is 1. The van der Waals surface area contributed by atoms with Gasteiger partial charge in [-0.05, 0) is 56.3 Å². The van der Waals surface area contributed by atoms with Crippen LogP contribution in [0.25, 0.3) is 0 Å². The molecule has 4 heteroatoms. The molecule has 0 atom stereocenters. The number of hydrogen-bond acceptors (Lipinski definition) is 3. The summed E-state index contributed by atoms with van der Waals surface area (Å²) in [6.07, 6.45) is 7.39. The molecule has 19 heavy (non-hydrogen) atoms. The smallest absolute Gasteiger partial charge is 0.373 e. The van der Waals surface area contributed by atoms with Gasteiger partial charge in [0.15, 0.2) is 5.89 Å². The van der Waals surface area contributed by atoms with E-state index in [1.807, 2.05) is 0 Å². The second kappa shape index (κ2) is 3.62. The lowest BCUT2D eigenvalue weighted by Gasteiger charge is -2.56. The Morgan fingerprint density at radius 2 is 1.74 bits per heavy atom. The van der Waals surface area contributed by atoms with Crippen LogP contribution in [-0.4, -0.2) is 16.1 Å². The van der Waals surface area contributed by atoms with Gasteiger partial charge in [-0.15, -0.1) is 0 Å². The maximum Gasteiger partial charge on any atom is 0.373 e. The lowest BCUT2D eigenvalue weighted by molar-refractivity contribution is -0.00807. The van der Waals surface area contributed by atoms with Crippen molar-refractivity contribution in [3.63, 3.8) is 0 Å². The van der Waals surface area contributed by atoms with Crippen LogP contribution < -0.4 is 0 Å². The second-order valence-electron chi connectivity index (χ2n) is 6.91. The highest BCUT2D eigenvalue weighted by Gasteiger charge is 2.54. The second-order valence-corrected chi connectivity index (χ2v) is 6.91. The van der Waals surface area contributed by atoms with E-state index in [4.69, 9.17) is 4.42 Å². The molecule has 4 fully saturated rings. The molecular weight excluding hydrogens is 242 g/mol. The summed E-state index contributed by atoms with van der Waals surface area (Å²) in [5, 5.41) is 9.35. The highest BCUT2D eigenvalue weighted by Crippen LogP contribution is 2.60. The Morgan fingerprint density at radius 3 is 2.21 bits per heavy atom. The van der Waals surface area contributed by atoms with Crippen molar-refractivity contribution in [1.82, 2.24) is 4.98 Å². The molecule has 0 spiro atoms. The van der Waals surface area contributed by atoms with Crippen molar-refractivity contribution < 1.29 is 14.3 Å². The third kappa shape index (κ3) is 1.58. The van der Waals surface area contributed by atoms with Crippen LogP contribution in [0.2, 0.25) is 0 Å². The molecule has 1 heterocycles. The maximum absolute atomic E-state index is 11.4. The van der Waals surface area contributed by atoms with Gasteiger partial charge < -0.3 is 9.52 Å². The van der Waals surface area contributed by atoms with Crippen LogP contribution in [0.1, 0.15) is 60.7 Å². The van der Waals surface area contributed by atoms with E-state index < -0.39 is 5.97 Å². The normalized spacial score (nSPS) is 39.7. The van der Waals surface area contributed by atoms with Gasteiger partial charge in [0.05, 0.1) is 0 Å². The van der Waals surface area contributed by atoms with Crippen LogP contribution in [0, 0.1) is 24.7 Å². The predicted octanol–water partition coefficient (Wildman–Crippen LogP) is 3.15. The fraction of sp³-hybridized carbons (Fsp3) is 0.733. The van der Waals surface area contributed by atoms with E-state index in [2.05, 4.69) is 4.98 Å². The van der Waals surface area contributed by atoms with E-state index in [0.717, 1.165) is 42.7 Å². The number of aromatic carboxylic acids is 1. The molecule has 0 amide bonds. The Bertz CT molecular complexity index is 510. The largest absolute Gasteiger partial charge is 0.475 e. The average molecular weight is 261 g/mol. The zero-order valence-electron chi connectivity index (χ0n) is 11.2. The van der Waals surface area contributed by atoms with Crippen molar-refractivity contribution >= 4 is 5.97 Å². The van der Waals surface area contributed by atoms with Crippen LogP contribution in [0.4, 0.5) is 0 Å². The highest BCUT2D eigenvalue weighted by atomic mass is 16.4. The van der Waals surface area contributed by atoms with Crippen molar-refractivity contribution in [3.05, 3.63) is 17.3 Å². The first-order valence-corrected chi connectivity index (χ1v) is 7.27. The van der Waals surface area contributed by atoms with Crippen molar-refractivity contribution in [2.24, 2.45) is 17.8 Å². The third-order valence-corrected chi connectivity index (χ3v) is 5.47. The van der Waals surface area contributed by atoms with Crippen LogP contribution in [0.5, 0.6) is 0 Å². The Morgan fingerprint density at radius 1 is 1.21 bits per heavy atom. The van der Waals surface area contributed by atoms with Crippen molar-refractivity contribution in [1.29, 1.82) is 0 Å². The minimum Gasteiger partial charge on any atom is -0.475 e. The Balaban J connectivity index is 1.81. The van der Waals surface area contributed by atoms with E-state index in [1.165, 1.54) is 19.3 Å². The van der Waals surface area contributed by atoms with Gasteiger partial charge in [-0.2, -0.15) is 0 Å². The average Bonchev–Trinajstić information content (AvgIpc) is 2.70. The molecule has 102 valence electrons. The van der Waals surface area contributed by atoms with Crippen LogP contribution >= 0.6 is 0 Å². The van der Waals surface area contributed by atoms with Crippen molar-refractivity contribution in [3.8, 4) is 0 Å².